The highest BCUT2D eigenvalue weighted by Crippen LogP contribution is 2.53. The van der Waals surface area contributed by atoms with E-state index in [0.717, 1.165) is 0 Å². The molecule has 3 aliphatic carbocycles. The average molecular weight is 414 g/mol. The number of fused-ring (bicyclic) bond motifs is 3. The number of Topliss-reactive ketones (excluding diaryl/α,β-unsaturated/α-hetero) is 2. The smallest absolute Gasteiger partial charge is 0.255 e. The summed E-state index contributed by atoms with van der Waals surface area (Å²) in [6, 6.07) is 3.33. The van der Waals surface area contributed by atoms with E-state index < -0.39 is 57.9 Å². The Morgan fingerprint density at radius 2 is 1.90 bits per heavy atom. The van der Waals surface area contributed by atoms with Gasteiger partial charge in [-0.3, -0.25) is 14.4 Å². The lowest BCUT2D eigenvalue weighted by molar-refractivity contribution is -0.152. The van der Waals surface area contributed by atoms with Crippen LogP contribution in [0.2, 0.25) is 0 Å². The second kappa shape index (κ2) is 6.41. The van der Waals surface area contributed by atoms with E-state index in [9.17, 15) is 34.8 Å². The molecule has 8 N–H and O–H groups in total. The summed E-state index contributed by atoms with van der Waals surface area (Å²) in [5, 5.41) is 43.3. The highest BCUT2D eigenvalue weighted by molar-refractivity contribution is 6.23. The molecule has 1 amide bonds. The number of phenolic OH excluding ortho intramolecular Hbond substituents is 1. The number of aromatic hydroxyl groups is 1. The number of carbonyl (C=O) groups excluding carboxylic acids is 3. The normalized spacial score (nSPS) is 30.7. The van der Waals surface area contributed by atoms with Gasteiger partial charge in [-0.25, -0.2) is 0 Å². The fourth-order valence-electron chi connectivity index (χ4n) is 5.12. The zero-order valence-corrected chi connectivity index (χ0v) is 16.2. The molecule has 0 saturated heterocycles. The Bertz CT molecular complexity index is 1090. The van der Waals surface area contributed by atoms with Gasteiger partial charge in [0.15, 0.2) is 11.4 Å². The third kappa shape index (κ3) is 2.33. The number of ketones is 2. The molecule has 4 atom stereocenters. The molecule has 9 nitrogen and oxygen atoms in total. The topological polar surface area (TPSA) is 184 Å². The van der Waals surface area contributed by atoms with Crippen LogP contribution in [0, 0.1) is 17.8 Å². The van der Waals surface area contributed by atoms with Gasteiger partial charge in [0.2, 0.25) is 5.78 Å². The molecule has 0 spiro atoms. The van der Waals surface area contributed by atoms with Gasteiger partial charge in [-0.05, 0) is 24.3 Å². The molecular formula is C21H22N2O7. The van der Waals surface area contributed by atoms with Crippen molar-refractivity contribution in [1.82, 2.24) is 0 Å². The average Bonchev–Trinajstić information content (AvgIpc) is 2.68. The Kier molecular flexibility index (Phi) is 4.30. The van der Waals surface area contributed by atoms with E-state index in [1.807, 2.05) is 0 Å². The number of amides is 1. The molecule has 0 heterocycles. The van der Waals surface area contributed by atoms with E-state index in [4.69, 9.17) is 11.5 Å². The van der Waals surface area contributed by atoms with Crippen LogP contribution in [-0.2, 0) is 27.3 Å². The van der Waals surface area contributed by atoms with Crippen molar-refractivity contribution in [3.8, 4) is 5.75 Å². The van der Waals surface area contributed by atoms with Gasteiger partial charge in [0.05, 0.1) is 5.56 Å². The number of hydrogen-bond acceptors (Lipinski definition) is 8. The second-order valence-electron chi connectivity index (χ2n) is 8.15. The lowest BCUT2D eigenvalue weighted by Gasteiger charge is -2.48. The SMILES string of the molecule is C[C@@H]1C(=O)C(C(N)=O)=C(O)[C@@]2(O)C(=O)C3=C(O)c4c(ccc(CN)c4O)CC3CC12. The first-order valence-electron chi connectivity index (χ1n) is 9.57. The minimum atomic E-state index is -2.57. The van der Waals surface area contributed by atoms with Crippen LogP contribution in [0.15, 0.2) is 29.0 Å². The summed E-state index contributed by atoms with van der Waals surface area (Å²) in [6.07, 6.45) is 0.378. The number of hydrogen-bond donors (Lipinski definition) is 6. The van der Waals surface area contributed by atoms with Crippen molar-refractivity contribution in [2.75, 3.05) is 0 Å². The molecule has 1 saturated carbocycles. The Labute approximate surface area is 171 Å². The van der Waals surface area contributed by atoms with Crippen molar-refractivity contribution in [1.29, 1.82) is 0 Å². The number of primary amides is 1. The van der Waals surface area contributed by atoms with Gasteiger partial charge in [-0.15, -0.1) is 0 Å². The summed E-state index contributed by atoms with van der Waals surface area (Å²) in [5.74, 6) is -7.34. The van der Waals surface area contributed by atoms with E-state index in [2.05, 4.69) is 0 Å². The first-order valence-corrected chi connectivity index (χ1v) is 9.57. The minimum absolute atomic E-state index is 0.0102. The van der Waals surface area contributed by atoms with Gasteiger partial charge in [-0.2, -0.15) is 0 Å². The quantitative estimate of drug-likeness (QED) is 0.369. The van der Waals surface area contributed by atoms with Gasteiger partial charge in [0.25, 0.3) is 5.91 Å². The van der Waals surface area contributed by atoms with Crippen LogP contribution in [-0.4, -0.2) is 43.5 Å². The number of nitrogens with two attached hydrogens (primary N) is 2. The third-order valence-electron chi connectivity index (χ3n) is 6.71. The molecule has 0 bridgehead atoms. The third-order valence-corrected chi connectivity index (χ3v) is 6.71. The van der Waals surface area contributed by atoms with E-state index in [1.165, 1.54) is 6.92 Å². The highest BCUT2D eigenvalue weighted by Gasteiger charge is 2.62. The van der Waals surface area contributed by atoms with Gasteiger partial charge < -0.3 is 31.9 Å². The first kappa shape index (κ1) is 20.1. The zero-order valence-electron chi connectivity index (χ0n) is 16.2. The molecule has 2 unspecified atom stereocenters. The van der Waals surface area contributed by atoms with Crippen LogP contribution in [0.25, 0.3) is 5.76 Å². The van der Waals surface area contributed by atoms with Crippen LogP contribution in [0.3, 0.4) is 0 Å². The van der Waals surface area contributed by atoms with Crippen molar-refractivity contribution in [2.24, 2.45) is 29.2 Å². The summed E-state index contributed by atoms with van der Waals surface area (Å²) in [6.45, 7) is 1.47. The van der Waals surface area contributed by atoms with E-state index in [0.29, 0.717) is 11.1 Å². The highest BCUT2D eigenvalue weighted by atomic mass is 16.3. The number of phenols is 1. The summed E-state index contributed by atoms with van der Waals surface area (Å²) in [7, 11) is 0. The molecule has 9 heteroatoms. The van der Waals surface area contributed by atoms with Crippen molar-refractivity contribution in [3.05, 3.63) is 45.7 Å². The van der Waals surface area contributed by atoms with Crippen LogP contribution >= 0.6 is 0 Å². The molecule has 1 aromatic rings. The van der Waals surface area contributed by atoms with Crippen molar-refractivity contribution in [3.63, 3.8) is 0 Å². The maximum absolute atomic E-state index is 13.4. The lowest BCUT2D eigenvalue weighted by Crippen LogP contribution is -2.60. The Morgan fingerprint density at radius 1 is 1.23 bits per heavy atom. The predicted octanol–water partition coefficient (Wildman–Crippen LogP) is 0.129. The van der Waals surface area contributed by atoms with Crippen LogP contribution < -0.4 is 11.5 Å². The van der Waals surface area contributed by atoms with Gasteiger partial charge in [0, 0.05) is 29.5 Å². The second-order valence-corrected chi connectivity index (χ2v) is 8.15. The molecule has 4 rings (SSSR count). The monoisotopic (exact) mass is 414 g/mol. The number of rotatable bonds is 2. The largest absolute Gasteiger partial charge is 0.508 e. The van der Waals surface area contributed by atoms with Crippen LogP contribution in [0.1, 0.15) is 30.0 Å². The van der Waals surface area contributed by atoms with Crippen LogP contribution in [0.4, 0.5) is 0 Å². The Hall–Kier alpha value is -3.17. The summed E-state index contributed by atoms with van der Waals surface area (Å²) < 4.78 is 0. The minimum Gasteiger partial charge on any atom is -0.508 e. The predicted molar refractivity (Wildman–Crippen MR) is 104 cm³/mol. The number of aliphatic hydroxyl groups is 3. The fraction of sp³-hybridized carbons (Fsp3) is 0.381. The maximum Gasteiger partial charge on any atom is 0.255 e. The Balaban J connectivity index is 1.96. The van der Waals surface area contributed by atoms with Crippen molar-refractivity contribution in [2.45, 2.75) is 31.9 Å². The summed E-state index contributed by atoms with van der Waals surface area (Å²) in [4.78, 5) is 37.7. The molecule has 0 radical (unpaired) electrons. The van der Waals surface area contributed by atoms with E-state index in [-0.39, 0.29) is 36.3 Å². The number of carbonyl (C=O) groups is 3. The van der Waals surface area contributed by atoms with Crippen LogP contribution in [0.5, 0.6) is 5.75 Å². The molecule has 0 aliphatic heterocycles. The summed E-state index contributed by atoms with van der Waals surface area (Å²) >= 11 is 0. The molecule has 1 aromatic carbocycles. The fourth-order valence-corrected chi connectivity index (χ4v) is 5.12. The molecule has 1 fully saturated rings. The number of aliphatic hydroxyl groups excluding tert-OH is 2. The van der Waals surface area contributed by atoms with E-state index >= 15 is 0 Å². The Morgan fingerprint density at radius 3 is 2.50 bits per heavy atom. The van der Waals surface area contributed by atoms with Crippen molar-refractivity contribution < 1.29 is 34.8 Å². The molecule has 0 aromatic heterocycles. The standard InChI is InChI=1S/C21H22N2O7/c1-7-11-5-10-4-8-2-3-9(6-22)16(25)12(8)17(26)13(10)18(27)21(11,30)19(28)14(15(7)24)20(23)29/h2-3,7,10-11,25-26,28,30H,4-6,22H2,1H3,(H2,23,29)/t7-,10?,11?,21-/m0/s1. The molecule has 3 aliphatic rings. The van der Waals surface area contributed by atoms with Gasteiger partial charge in [-0.1, -0.05) is 19.1 Å². The first-order chi connectivity index (χ1) is 14.0. The number of benzene rings is 1. The summed E-state index contributed by atoms with van der Waals surface area (Å²) in [5.41, 5.74) is 8.29. The lowest BCUT2D eigenvalue weighted by atomic mass is 9.56. The van der Waals surface area contributed by atoms with Gasteiger partial charge in [0.1, 0.15) is 22.8 Å². The molecule has 158 valence electrons. The van der Waals surface area contributed by atoms with Gasteiger partial charge >= 0.3 is 0 Å². The van der Waals surface area contributed by atoms with Crippen molar-refractivity contribution >= 4 is 23.2 Å². The molecule has 30 heavy (non-hydrogen) atoms. The molecular weight excluding hydrogens is 392 g/mol. The maximum atomic E-state index is 13.4. The van der Waals surface area contributed by atoms with E-state index in [1.54, 1.807) is 12.1 Å². The zero-order chi connectivity index (χ0) is 22.1.